The highest BCUT2D eigenvalue weighted by Gasteiger charge is 2.28. The average Bonchev–Trinajstić information content (AvgIpc) is 2.68. The molecule has 0 unspecified atom stereocenters. The Balaban J connectivity index is 1.92. The summed E-state index contributed by atoms with van der Waals surface area (Å²) in [5, 5.41) is 2.83. The number of rotatable bonds is 7. The van der Waals surface area contributed by atoms with Crippen LogP contribution >= 0.6 is 22.6 Å². The Morgan fingerprint density at radius 2 is 1.52 bits per heavy atom. The summed E-state index contributed by atoms with van der Waals surface area (Å²) in [6.07, 6.45) is 0.236. The fraction of sp³-hybridized carbons (Fsp3) is 0.208. The van der Waals surface area contributed by atoms with Gasteiger partial charge in [0.25, 0.3) is 0 Å². The van der Waals surface area contributed by atoms with Gasteiger partial charge in [-0.15, -0.1) is 0 Å². The van der Waals surface area contributed by atoms with Crippen LogP contribution in [0.1, 0.15) is 22.3 Å². The summed E-state index contributed by atoms with van der Waals surface area (Å²) in [6.45, 7) is 5.47. The second-order valence-electron chi connectivity index (χ2n) is 7.59. The number of carbonyl (C=O) groups is 1. The van der Waals surface area contributed by atoms with Crippen molar-refractivity contribution in [1.82, 2.24) is 4.72 Å². The van der Waals surface area contributed by atoms with E-state index in [-0.39, 0.29) is 11.3 Å². The molecule has 3 rings (SSSR count). The van der Waals surface area contributed by atoms with Crippen LogP contribution in [-0.2, 0) is 21.2 Å². The molecular formula is C24H25IN2O3S. The van der Waals surface area contributed by atoms with Crippen molar-refractivity contribution in [3.05, 3.63) is 92.6 Å². The van der Waals surface area contributed by atoms with E-state index in [0.29, 0.717) is 16.8 Å². The summed E-state index contributed by atoms with van der Waals surface area (Å²) >= 11 is 2.19. The van der Waals surface area contributed by atoms with Crippen molar-refractivity contribution in [2.45, 2.75) is 38.1 Å². The first kappa shape index (κ1) is 23.4. The molecule has 0 spiro atoms. The molecule has 31 heavy (non-hydrogen) atoms. The number of carbonyl (C=O) groups excluding carboxylic acids is 1. The number of benzene rings is 3. The fourth-order valence-electron chi connectivity index (χ4n) is 3.64. The normalized spacial score (nSPS) is 12.4. The molecule has 162 valence electrons. The molecule has 5 nitrogen and oxygen atoms in total. The Labute approximate surface area is 197 Å². The van der Waals surface area contributed by atoms with E-state index in [4.69, 9.17) is 0 Å². The molecule has 1 amide bonds. The zero-order valence-electron chi connectivity index (χ0n) is 17.6. The summed E-state index contributed by atoms with van der Waals surface area (Å²) in [5.41, 5.74) is 3.78. The largest absolute Gasteiger partial charge is 0.325 e. The van der Waals surface area contributed by atoms with E-state index < -0.39 is 22.0 Å². The van der Waals surface area contributed by atoms with Crippen LogP contribution in [0.5, 0.6) is 0 Å². The Bertz CT molecular complexity index is 1150. The minimum Gasteiger partial charge on any atom is -0.325 e. The van der Waals surface area contributed by atoms with Gasteiger partial charge >= 0.3 is 0 Å². The van der Waals surface area contributed by atoms with E-state index >= 15 is 0 Å². The molecule has 0 saturated heterocycles. The molecule has 0 radical (unpaired) electrons. The van der Waals surface area contributed by atoms with Gasteiger partial charge in [0.2, 0.25) is 15.9 Å². The first-order chi connectivity index (χ1) is 14.7. The van der Waals surface area contributed by atoms with Crippen LogP contribution in [0.15, 0.2) is 71.6 Å². The van der Waals surface area contributed by atoms with Crippen molar-refractivity contribution < 1.29 is 13.2 Å². The van der Waals surface area contributed by atoms with E-state index in [0.717, 1.165) is 14.7 Å². The van der Waals surface area contributed by atoms with Crippen LogP contribution in [0.2, 0.25) is 0 Å². The number of amides is 1. The van der Waals surface area contributed by atoms with Crippen molar-refractivity contribution >= 4 is 44.2 Å². The van der Waals surface area contributed by atoms with Crippen LogP contribution in [-0.4, -0.2) is 20.4 Å². The fourth-order valence-corrected chi connectivity index (χ4v) is 5.65. The highest BCUT2D eigenvalue weighted by Crippen LogP contribution is 2.22. The summed E-state index contributed by atoms with van der Waals surface area (Å²) in [5.74, 6) is -0.406. The lowest BCUT2D eigenvalue weighted by Crippen LogP contribution is -2.45. The third-order valence-corrected chi connectivity index (χ3v) is 7.38. The zero-order chi connectivity index (χ0) is 22.6. The van der Waals surface area contributed by atoms with Crippen LogP contribution < -0.4 is 10.0 Å². The van der Waals surface area contributed by atoms with Crippen molar-refractivity contribution in [3.8, 4) is 0 Å². The molecule has 0 saturated carbocycles. The monoisotopic (exact) mass is 548 g/mol. The van der Waals surface area contributed by atoms with Gasteiger partial charge in [-0.3, -0.25) is 4.79 Å². The molecule has 3 aromatic rings. The molecule has 2 N–H and O–H groups in total. The minimum absolute atomic E-state index is 0.221. The lowest BCUT2D eigenvalue weighted by atomic mass is 10.1. The third kappa shape index (κ3) is 6.15. The highest BCUT2D eigenvalue weighted by molar-refractivity contribution is 14.1. The molecule has 0 bridgehead atoms. The van der Waals surface area contributed by atoms with Crippen LogP contribution in [0.25, 0.3) is 0 Å². The van der Waals surface area contributed by atoms with Crippen molar-refractivity contribution in [1.29, 1.82) is 0 Å². The molecule has 0 heterocycles. The van der Waals surface area contributed by atoms with Crippen molar-refractivity contribution in [2.24, 2.45) is 0 Å². The lowest BCUT2D eigenvalue weighted by molar-refractivity contribution is -0.117. The predicted molar refractivity (Wildman–Crippen MR) is 133 cm³/mol. The average molecular weight is 548 g/mol. The standard InChI is InChI=1S/C24H25IN2O3S/c1-16-13-17(2)23(18(3)14-16)31(29,30)27-22(15-19-7-5-4-6-8-19)24(28)26-21-11-9-20(25)10-12-21/h4-14,22,27H,15H2,1-3H3,(H,26,28)/t22-/m0/s1. The smallest absolute Gasteiger partial charge is 0.242 e. The van der Waals surface area contributed by atoms with Gasteiger partial charge in [-0.2, -0.15) is 4.72 Å². The second-order valence-corrected chi connectivity index (χ2v) is 10.5. The van der Waals surface area contributed by atoms with Crippen molar-refractivity contribution in [3.63, 3.8) is 0 Å². The Hall–Kier alpha value is -2.23. The van der Waals surface area contributed by atoms with E-state index in [1.165, 1.54) is 0 Å². The summed E-state index contributed by atoms with van der Waals surface area (Å²) < 4.78 is 30.3. The minimum atomic E-state index is -3.91. The molecule has 3 aromatic carbocycles. The maximum Gasteiger partial charge on any atom is 0.242 e. The summed E-state index contributed by atoms with van der Waals surface area (Å²) in [4.78, 5) is 13.3. The Morgan fingerprint density at radius 1 is 0.935 bits per heavy atom. The van der Waals surface area contributed by atoms with Gasteiger partial charge in [-0.25, -0.2) is 8.42 Å². The van der Waals surface area contributed by atoms with Gasteiger partial charge in [0.05, 0.1) is 4.90 Å². The highest BCUT2D eigenvalue weighted by atomic mass is 127. The Kier molecular flexibility index (Phi) is 7.51. The maximum atomic E-state index is 13.3. The first-order valence-corrected chi connectivity index (χ1v) is 12.4. The van der Waals surface area contributed by atoms with E-state index in [9.17, 15) is 13.2 Å². The summed E-state index contributed by atoms with van der Waals surface area (Å²) in [7, 11) is -3.91. The van der Waals surface area contributed by atoms with Gasteiger partial charge < -0.3 is 5.32 Å². The number of sulfonamides is 1. The van der Waals surface area contributed by atoms with Crippen LogP contribution in [0, 0.1) is 24.3 Å². The van der Waals surface area contributed by atoms with E-state index in [2.05, 4.69) is 32.6 Å². The molecule has 7 heteroatoms. The predicted octanol–water partition coefficient (Wildman–Crippen LogP) is 4.74. The number of halogens is 1. The Morgan fingerprint density at radius 3 is 2.10 bits per heavy atom. The van der Waals surface area contributed by atoms with E-state index in [1.54, 1.807) is 26.0 Å². The number of nitrogens with one attached hydrogen (secondary N) is 2. The van der Waals surface area contributed by atoms with Gasteiger partial charge in [0.1, 0.15) is 6.04 Å². The second kappa shape index (κ2) is 9.93. The van der Waals surface area contributed by atoms with Gasteiger partial charge in [-0.05, 0) is 90.7 Å². The lowest BCUT2D eigenvalue weighted by Gasteiger charge is -2.20. The van der Waals surface area contributed by atoms with Gasteiger partial charge in [0.15, 0.2) is 0 Å². The molecule has 0 fully saturated rings. The first-order valence-electron chi connectivity index (χ1n) is 9.86. The van der Waals surface area contributed by atoms with E-state index in [1.807, 2.05) is 61.5 Å². The molecule has 0 aliphatic rings. The molecular weight excluding hydrogens is 523 g/mol. The number of hydrogen-bond donors (Lipinski definition) is 2. The quantitative estimate of drug-likeness (QED) is 0.419. The van der Waals surface area contributed by atoms with Crippen molar-refractivity contribution in [2.75, 3.05) is 5.32 Å². The third-order valence-electron chi connectivity index (χ3n) is 4.88. The maximum absolute atomic E-state index is 13.3. The van der Waals surface area contributed by atoms with Gasteiger partial charge in [-0.1, -0.05) is 48.0 Å². The zero-order valence-corrected chi connectivity index (χ0v) is 20.6. The van der Waals surface area contributed by atoms with Crippen LogP contribution in [0.3, 0.4) is 0 Å². The molecule has 0 aromatic heterocycles. The number of anilines is 1. The topological polar surface area (TPSA) is 75.3 Å². The molecule has 0 aliphatic heterocycles. The number of hydrogen-bond acceptors (Lipinski definition) is 3. The molecule has 1 atom stereocenters. The summed E-state index contributed by atoms with van der Waals surface area (Å²) in [6, 6.07) is 19.4. The SMILES string of the molecule is Cc1cc(C)c(S(=O)(=O)N[C@@H](Cc2ccccc2)C(=O)Nc2ccc(I)cc2)c(C)c1. The number of aryl methyl sites for hydroxylation is 3. The molecule has 0 aliphatic carbocycles. The van der Waals surface area contributed by atoms with Crippen LogP contribution in [0.4, 0.5) is 5.69 Å². The van der Waals surface area contributed by atoms with Gasteiger partial charge in [0, 0.05) is 9.26 Å².